The van der Waals surface area contributed by atoms with Gasteiger partial charge in [-0.3, -0.25) is 4.79 Å². The predicted molar refractivity (Wildman–Crippen MR) is 89.7 cm³/mol. The topological polar surface area (TPSA) is 65.1 Å². The minimum atomic E-state index is -0.676. The van der Waals surface area contributed by atoms with E-state index in [1.54, 1.807) is 0 Å². The highest BCUT2D eigenvalue weighted by atomic mass is 16.7. The van der Waals surface area contributed by atoms with Crippen molar-refractivity contribution >= 4 is 12.1 Å². The van der Waals surface area contributed by atoms with Crippen LogP contribution in [0.25, 0.3) is 0 Å². The third kappa shape index (κ3) is 5.96. The summed E-state index contributed by atoms with van der Waals surface area (Å²) >= 11 is 0. The van der Waals surface area contributed by atoms with Gasteiger partial charge in [0, 0.05) is 18.5 Å². The van der Waals surface area contributed by atoms with Crippen LogP contribution in [0.3, 0.4) is 0 Å². The van der Waals surface area contributed by atoms with Crippen molar-refractivity contribution in [1.82, 2.24) is 4.90 Å². The molecular formula is C18H31NO5. The third-order valence-corrected chi connectivity index (χ3v) is 5.34. The molecule has 0 heterocycles. The minimum Gasteiger partial charge on any atom is -0.469 e. The van der Waals surface area contributed by atoms with E-state index < -0.39 is 12.1 Å². The summed E-state index contributed by atoms with van der Waals surface area (Å²) in [6, 6.07) is 1.16. The summed E-state index contributed by atoms with van der Waals surface area (Å²) in [5.41, 5.74) is 0. The van der Waals surface area contributed by atoms with Gasteiger partial charge in [-0.1, -0.05) is 19.3 Å². The molecule has 2 fully saturated rings. The second-order valence-corrected chi connectivity index (χ2v) is 6.94. The molecule has 0 aromatic heterocycles. The zero-order valence-corrected chi connectivity index (χ0v) is 15.0. The minimum absolute atomic E-state index is 0.00360. The van der Waals surface area contributed by atoms with Gasteiger partial charge >= 0.3 is 12.1 Å². The lowest BCUT2D eigenvalue weighted by Crippen LogP contribution is -2.45. The Morgan fingerprint density at radius 2 is 1.71 bits per heavy atom. The summed E-state index contributed by atoms with van der Waals surface area (Å²) in [6.45, 7) is 0.00360. The van der Waals surface area contributed by atoms with Crippen LogP contribution in [-0.4, -0.2) is 56.0 Å². The molecule has 6 nitrogen and oxygen atoms in total. The largest absolute Gasteiger partial charge is 0.508 e. The molecule has 2 saturated carbocycles. The van der Waals surface area contributed by atoms with Gasteiger partial charge in [0.15, 0.2) is 0 Å². The van der Waals surface area contributed by atoms with E-state index in [9.17, 15) is 9.59 Å². The van der Waals surface area contributed by atoms with Crippen LogP contribution in [0.2, 0.25) is 0 Å². The van der Waals surface area contributed by atoms with Crippen LogP contribution >= 0.6 is 0 Å². The fourth-order valence-corrected chi connectivity index (χ4v) is 3.87. The van der Waals surface area contributed by atoms with E-state index >= 15 is 0 Å². The van der Waals surface area contributed by atoms with E-state index in [4.69, 9.17) is 9.47 Å². The first-order valence-corrected chi connectivity index (χ1v) is 9.22. The Hall–Kier alpha value is -1.30. The lowest BCUT2D eigenvalue weighted by atomic mass is 9.88. The highest BCUT2D eigenvalue weighted by Gasteiger charge is 2.31. The van der Waals surface area contributed by atoms with Crippen molar-refractivity contribution in [3.63, 3.8) is 0 Å². The Kier molecular flexibility index (Phi) is 7.82. The molecule has 2 rings (SSSR count). The van der Waals surface area contributed by atoms with Crippen LogP contribution in [0.4, 0.5) is 4.79 Å². The number of methoxy groups -OCH3 is 1. The molecule has 138 valence electrons. The highest BCUT2D eigenvalue weighted by Crippen LogP contribution is 2.30. The fraction of sp³-hybridized carbons (Fsp3) is 0.889. The molecule has 0 bridgehead atoms. The average Bonchev–Trinajstić information content (AvgIpc) is 2.61. The van der Waals surface area contributed by atoms with Crippen molar-refractivity contribution in [1.29, 1.82) is 0 Å². The zero-order chi connectivity index (χ0) is 17.4. The van der Waals surface area contributed by atoms with Gasteiger partial charge in [-0.25, -0.2) is 4.79 Å². The second kappa shape index (κ2) is 9.87. The van der Waals surface area contributed by atoms with E-state index in [0.29, 0.717) is 12.1 Å². The number of hydrogen-bond donors (Lipinski definition) is 0. The number of esters is 1. The molecule has 2 unspecified atom stereocenters. The van der Waals surface area contributed by atoms with Crippen molar-refractivity contribution in [2.45, 2.75) is 82.4 Å². The summed E-state index contributed by atoms with van der Waals surface area (Å²) < 4.78 is 14.9. The van der Waals surface area contributed by atoms with Gasteiger partial charge in [-0.05, 0) is 39.2 Å². The average molecular weight is 341 g/mol. The Morgan fingerprint density at radius 3 is 2.42 bits per heavy atom. The Morgan fingerprint density at radius 1 is 1.00 bits per heavy atom. The molecule has 0 radical (unpaired) electrons. The number of ether oxygens (including phenoxy) is 3. The molecular weight excluding hydrogens is 310 g/mol. The Labute approximate surface area is 144 Å². The van der Waals surface area contributed by atoms with Gasteiger partial charge in [-0.15, -0.1) is 0 Å². The van der Waals surface area contributed by atoms with E-state index in [2.05, 4.69) is 16.7 Å². The summed E-state index contributed by atoms with van der Waals surface area (Å²) in [7, 11) is 3.53. The molecule has 6 heteroatoms. The lowest BCUT2D eigenvalue weighted by molar-refractivity contribution is -0.141. The molecule has 2 aliphatic carbocycles. The molecule has 0 amide bonds. The van der Waals surface area contributed by atoms with Gasteiger partial charge in [0.05, 0.1) is 13.5 Å². The number of carbonyl (C=O) groups excluding carboxylic acids is 2. The van der Waals surface area contributed by atoms with Crippen LogP contribution in [0.5, 0.6) is 0 Å². The highest BCUT2D eigenvalue weighted by molar-refractivity contribution is 5.69. The van der Waals surface area contributed by atoms with Crippen molar-refractivity contribution < 1.29 is 23.8 Å². The van der Waals surface area contributed by atoms with Crippen molar-refractivity contribution in [3.8, 4) is 0 Å². The molecule has 0 aromatic carbocycles. The van der Waals surface area contributed by atoms with Gasteiger partial charge in [0.25, 0.3) is 0 Å². The number of hydrogen-bond acceptors (Lipinski definition) is 6. The second-order valence-electron chi connectivity index (χ2n) is 6.94. The monoisotopic (exact) mass is 341 g/mol. The summed E-state index contributed by atoms with van der Waals surface area (Å²) in [6.07, 6.45) is 9.89. The smallest absolute Gasteiger partial charge is 0.469 e. The third-order valence-electron chi connectivity index (χ3n) is 5.34. The van der Waals surface area contributed by atoms with Gasteiger partial charge in [-0.2, -0.15) is 0 Å². The maximum Gasteiger partial charge on any atom is 0.508 e. The molecule has 0 aliphatic heterocycles. The van der Waals surface area contributed by atoms with E-state index in [0.717, 1.165) is 19.3 Å². The van der Waals surface area contributed by atoms with Crippen LogP contribution < -0.4 is 0 Å². The number of carbonyl (C=O) groups is 2. The first-order chi connectivity index (χ1) is 11.6. The standard InChI is InChI=1S/C18H31NO5/c1-19(14-7-4-3-5-8-14)15-9-6-10-16(13-15)24-18(21)23-12-11-17(20)22-2/h14-16H,3-13H2,1-2H3. The van der Waals surface area contributed by atoms with Crippen molar-refractivity contribution in [2.24, 2.45) is 0 Å². The van der Waals surface area contributed by atoms with Crippen LogP contribution in [0, 0.1) is 0 Å². The van der Waals surface area contributed by atoms with Gasteiger partial charge < -0.3 is 19.1 Å². The molecule has 0 saturated heterocycles. The Balaban J connectivity index is 1.71. The maximum absolute atomic E-state index is 11.7. The summed E-state index contributed by atoms with van der Waals surface area (Å²) in [5.74, 6) is -0.394. The number of nitrogens with zero attached hydrogens (tertiary/aromatic N) is 1. The SMILES string of the molecule is COC(=O)CCOC(=O)OC1CCCC(N(C)C2CCCCC2)C1. The van der Waals surface area contributed by atoms with Crippen LogP contribution in [-0.2, 0) is 19.0 Å². The molecule has 2 aliphatic rings. The maximum atomic E-state index is 11.7. The molecule has 2 atom stereocenters. The lowest BCUT2D eigenvalue weighted by Gasteiger charge is -2.40. The first-order valence-electron chi connectivity index (χ1n) is 9.22. The van der Waals surface area contributed by atoms with Gasteiger partial charge in [0.1, 0.15) is 12.7 Å². The van der Waals surface area contributed by atoms with E-state index in [1.165, 1.54) is 45.6 Å². The molecule has 0 aromatic rings. The molecule has 24 heavy (non-hydrogen) atoms. The zero-order valence-electron chi connectivity index (χ0n) is 15.0. The Bertz CT molecular complexity index is 408. The predicted octanol–water partition coefficient (Wildman–Crippen LogP) is 3.28. The first kappa shape index (κ1) is 19.0. The van der Waals surface area contributed by atoms with E-state index in [1.807, 2.05) is 0 Å². The summed E-state index contributed by atoms with van der Waals surface area (Å²) in [5, 5.41) is 0. The fourth-order valence-electron chi connectivity index (χ4n) is 3.87. The summed E-state index contributed by atoms with van der Waals surface area (Å²) in [4.78, 5) is 25.3. The van der Waals surface area contributed by atoms with Crippen molar-refractivity contribution in [3.05, 3.63) is 0 Å². The molecule has 0 N–H and O–H groups in total. The normalized spacial score (nSPS) is 25.3. The number of rotatable bonds is 6. The quantitative estimate of drug-likeness (QED) is 0.691. The van der Waals surface area contributed by atoms with Gasteiger partial charge in [0.2, 0.25) is 0 Å². The van der Waals surface area contributed by atoms with Crippen molar-refractivity contribution in [2.75, 3.05) is 20.8 Å². The van der Waals surface area contributed by atoms with Crippen LogP contribution in [0.15, 0.2) is 0 Å². The van der Waals surface area contributed by atoms with E-state index in [-0.39, 0.29) is 19.1 Å². The molecule has 0 spiro atoms. The van der Waals surface area contributed by atoms with Crippen LogP contribution in [0.1, 0.15) is 64.2 Å².